The highest BCUT2D eigenvalue weighted by atomic mass is 32.2. The molecule has 43 heavy (non-hydrogen) atoms. The number of hydrogen-bond acceptors (Lipinski definition) is 7. The lowest BCUT2D eigenvalue weighted by molar-refractivity contribution is -0.370. The van der Waals surface area contributed by atoms with Crippen LogP contribution in [0.3, 0.4) is 0 Å². The zero-order valence-electron chi connectivity index (χ0n) is 23.0. The molecule has 1 aliphatic heterocycles. The first-order valence-corrected chi connectivity index (χ1v) is 13.9. The van der Waals surface area contributed by atoms with E-state index in [-0.39, 0.29) is 23.6 Å². The Balaban J connectivity index is 1.44. The summed E-state index contributed by atoms with van der Waals surface area (Å²) >= 11 is 1.43. The summed E-state index contributed by atoms with van der Waals surface area (Å²) in [6.07, 6.45) is -8.65. The predicted molar refractivity (Wildman–Crippen MR) is 143 cm³/mol. The molecule has 8 nitrogen and oxygen atoms in total. The highest BCUT2D eigenvalue weighted by molar-refractivity contribution is 7.98. The van der Waals surface area contributed by atoms with Crippen molar-refractivity contribution >= 4 is 23.7 Å². The van der Waals surface area contributed by atoms with Gasteiger partial charge in [-0.3, -0.25) is 14.7 Å². The summed E-state index contributed by atoms with van der Waals surface area (Å²) in [6.45, 7) is 2.54. The van der Waals surface area contributed by atoms with Gasteiger partial charge < -0.3 is 15.2 Å². The molecule has 1 saturated heterocycles. The second kappa shape index (κ2) is 11.7. The van der Waals surface area contributed by atoms with Crippen molar-refractivity contribution in [3.63, 3.8) is 0 Å². The van der Waals surface area contributed by atoms with Gasteiger partial charge in [0.25, 0.3) is 11.5 Å². The molecule has 2 atom stereocenters. The largest absolute Gasteiger partial charge is 0.457 e. The maximum atomic E-state index is 13.3. The van der Waals surface area contributed by atoms with Crippen LogP contribution in [0.4, 0.5) is 31.1 Å². The average molecular weight is 629 g/mol. The minimum absolute atomic E-state index is 0.120. The molecule has 15 heteroatoms. The van der Waals surface area contributed by atoms with Gasteiger partial charge in [-0.15, -0.1) is 11.8 Å². The van der Waals surface area contributed by atoms with Crippen molar-refractivity contribution in [3.8, 4) is 11.5 Å². The minimum atomic E-state index is -5.91. The summed E-state index contributed by atoms with van der Waals surface area (Å²) in [4.78, 5) is 35.5. The Bertz CT molecular complexity index is 1470. The van der Waals surface area contributed by atoms with Gasteiger partial charge in [0.1, 0.15) is 17.0 Å². The van der Waals surface area contributed by atoms with Crippen molar-refractivity contribution in [1.82, 2.24) is 20.2 Å². The Morgan fingerprint density at radius 3 is 2.21 bits per heavy atom. The second-order valence-electron chi connectivity index (χ2n) is 10.2. The van der Waals surface area contributed by atoms with Crippen molar-refractivity contribution in [2.24, 2.45) is 0 Å². The lowest BCUT2D eigenvalue weighted by Gasteiger charge is -2.34. The number of nitrogens with one attached hydrogen (secondary N) is 1. The number of urea groups is 1. The lowest BCUT2D eigenvalue weighted by Crippen LogP contribution is -2.57. The number of hydrogen-bond donors (Lipinski definition) is 2. The van der Waals surface area contributed by atoms with Crippen LogP contribution in [-0.4, -0.2) is 56.1 Å². The van der Waals surface area contributed by atoms with Crippen molar-refractivity contribution < 1.29 is 45.8 Å². The van der Waals surface area contributed by atoms with Crippen molar-refractivity contribution in [1.29, 1.82) is 0 Å². The predicted octanol–water partition coefficient (Wildman–Crippen LogP) is 6.31. The van der Waals surface area contributed by atoms with Crippen LogP contribution in [-0.2, 0) is 16.9 Å². The van der Waals surface area contributed by atoms with Gasteiger partial charge in [0, 0.05) is 30.4 Å². The first-order valence-electron chi connectivity index (χ1n) is 12.7. The highest BCUT2D eigenvalue weighted by Gasteiger charge is 2.70. The molecule has 0 aliphatic carbocycles. The number of pyridine rings is 2. The van der Waals surface area contributed by atoms with Crippen LogP contribution in [0.5, 0.6) is 11.5 Å². The van der Waals surface area contributed by atoms with Crippen LogP contribution in [0, 0.1) is 0 Å². The molecule has 1 aromatic carbocycles. The van der Waals surface area contributed by atoms with E-state index in [1.165, 1.54) is 60.6 Å². The molecule has 1 aliphatic rings. The van der Waals surface area contributed by atoms with Gasteiger partial charge in [-0.1, -0.05) is 25.1 Å². The van der Waals surface area contributed by atoms with E-state index in [0.29, 0.717) is 11.3 Å². The number of nitrogens with zero attached hydrogens (tertiary/aromatic N) is 3. The molecule has 3 aromatic rings. The topological polar surface area (TPSA) is 105 Å². The van der Waals surface area contributed by atoms with Crippen LogP contribution in [0.25, 0.3) is 0 Å². The van der Waals surface area contributed by atoms with Gasteiger partial charge in [0.05, 0.1) is 17.3 Å². The minimum Gasteiger partial charge on any atom is -0.457 e. The molecule has 4 rings (SSSR count). The average Bonchev–Trinajstić information content (AvgIpc) is 3.16. The second-order valence-corrected chi connectivity index (χ2v) is 11.0. The number of carbonyl (C=O) groups is 2. The first kappa shape index (κ1) is 32.1. The fourth-order valence-electron chi connectivity index (χ4n) is 4.55. The van der Waals surface area contributed by atoms with Crippen LogP contribution in [0.1, 0.15) is 43.0 Å². The fraction of sp³-hybridized carbons (Fsp3) is 0.357. The first-order chi connectivity index (χ1) is 20.0. The molecule has 1 fully saturated rings. The molecule has 0 radical (unpaired) electrons. The molecule has 2 N–H and O–H groups in total. The smallest absolute Gasteiger partial charge is 0.426 e. The monoisotopic (exact) mass is 628 g/mol. The highest BCUT2D eigenvalue weighted by Crippen LogP contribution is 2.48. The van der Waals surface area contributed by atoms with E-state index < -0.39 is 47.8 Å². The zero-order chi connectivity index (χ0) is 31.8. The molecular formula is C28H26F6N4O4S. The fourth-order valence-corrected chi connectivity index (χ4v) is 4.92. The number of amides is 3. The third-order valence-corrected chi connectivity index (χ3v) is 7.79. The van der Waals surface area contributed by atoms with Crippen molar-refractivity contribution in [2.45, 2.75) is 61.2 Å². The SMILES string of the molecule is CSc1ccc(C2(C)NC(=O)N(Cc3cc(Oc4ccc(C(C)CC(O)(C(F)(F)F)C(F)(F)F)cc4)ccn3)C2=O)cn1. The molecule has 2 unspecified atom stereocenters. The summed E-state index contributed by atoms with van der Waals surface area (Å²) in [5.41, 5.74) is -5.25. The molecule has 3 heterocycles. The van der Waals surface area contributed by atoms with Crippen LogP contribution >= 0.6 is 11.8 Å². The number of aliphatic hydroxyl groups is 1. The van der Waals surface area contributed by atoms with Crippen LogP contribution < -0.4 is 10.1 Å². The number of thioether (sulfide) groups is 1. The third kappa shape index (κ3) is 6.42. The maximum Gasteiger partial charge on any atom is 0.426 e. The van der Waals surface area contributed by atoms with Gasteiger partial charge in [0.2, 0.25) is 0 Å². The Kier molecular flexibility index (Phi) is 8.71. The van der Waals surface area contributed by atoms with Gasteiger partial charge in [-0.2, -0.15) is 26.3 Å². The van der Waals surface area contributed by atoms with Gasteiger partial charge >= 0.3 is 18.4 Å². The van der Waals surface area contributed by atoms with E-state index in [9.17, 15) is 41.0 Å². The molecule has 230 valence electrons. The number of benzene rings is 1. The summed E-state index contributed by atoms with van der Waals surface area (Å²) in [5.74, 6) is -1.35. The Labute approximate surface area is 246 Å². The normalized spacial score (nSPS) is 18.5. The molecule has 0 saturated carbocycles. The Morgan fingerprint density at radius 1 is 1.00 bits per heavy atom. The Hall–Kier alpha value is -3.85. The number of halogens is 6. The molecular weight excluding hydrogens is 602 g/mol. The van der Waals surface area contributed by atoms with Gasteiger partial charge in [0.15, 0.2) is 0 Å². The number of alkyl halides is 6. The van der Waals surface area contributed by atoms with E-state index in [4.69, 9.17) is 4.74 Å². The summed E-state index contributed by atoms with van der Waals surface area (Å²) in [5, 5.41) is 12.9. The number of rotatable bonds is 9. The molecule has 0 bridgehead atoms. The van der Waals surface area contributed by atoms with E-state index in [2.05, 4.69) is 15.3 Å². The molecule has 0 spiro atoms. The van der Waals surface area contributed by atoms with Crippen LogP contribution in [0.15, 0.2) is 66.0 Å². The standard InChI is InChI=1S/C28H26F6N4O4S/c1-16(13-26(41,27(29,30)31)28(32,33)34)17-4-7-20(8-5-17)42-21-10-11-35-19(12-21)15-38-23(39)25(2,37-24(38)40)18-6-9-22(43-3)36-14-18/h4-12,14,16,41H,13,15H2,1-3H3,(H,37,40). The quantitative estimate of drug-likeness (QED) is 0.163. The molecule has 2 aromatic heterocycles. The van der Waals surface area contributed by atoms with Crippen molar-refractivity contribution in [2.75, 3.05) is 6.26 Å². The Morgan fingerprint density at radius 2 is 1.65 bits per heavy atom. The third-order valence-electron chi connectivity index (χ3n) is 7.13. The number of aromatic nitrogens is 2. The summed E-state index contributed by atoms with van der Waals surface area (Å²) in [6, 6.07) is 11.1. The van der Waals surface area contributed by atoms with E-state index in [0.717, 1.165) is 16.8 Å². The number of imide groups is 1. The van der Waals surface area contributed by atoms with E-state index in [1.54, 1.807) is 19.1 Å². The number of ether oxygens (including phenoxy) is 1. The summed E-state index contributed by atoms with van der Waals surface area (Å²) in [7, 11) is 0. The van der Waals surface area contributed by atoms with Gasteiger partial charge in [-0.25, -0.2) is 9.78 Å². The summed E-state index contributed by atoms with van der Waals surface area (Å²) < 4.78 is 84.3. The maximum absolute atomic E-state index is 13.3. The van der Waals surface area contributed by atoms with Crippen molar-refractivity contribution in [3.05, 3.63) is 77.7 Å². The van der Waals surface area contributed by atoms with Gasteiger partial charge in [-0.05, 0) is 48.9 Å². The van der Waals surface area contributed by atoms with E-state index in [1.807, 2.05) is 6.26 Å². The zero-order valence-corrected chi connectivity index (χ0v) is 23.8. The number of carbonyl (C=O) groups excluding carboxylic acids is 2. The lowest BCUT2D eigenvalue weighted by atomic mass is 9.86. The van der Waals surface area contributed by atoms with Crippen LogP contribution in [0.2, 0.25) is 0 Å². The molecule has 3 amide bonds. The van der Waals surface area contributed by atoms with E-state index >= 15 is 0 Å².